The Morgan fingerprint density at radius 1 is 1.25 bits per heavy atom. The molecule has 0 radical (unpaired) electrons. The van der Waals surface area contributed by atoms with E-state index in [-0.39, 0.29) is 22.3 Å². The van der Waals surface area contributed by atoms with Crippen LogP contribution in [0.2, 0.25) is 5.02 Å². The van der Waals surface area contributed by atoms with E-state index in [4.69, 9.17) is 16.3 Å². The van der Waals surface area contributed by atoms with Crippen molar-refractivity contribution in [2.45, 2.75) is 0 Å². The Morgan fingerprint density at radius 2 is 2.04 bits per heavy atom. The van der Waals surface area contributed by atoms with Gasteiger partial charge in [0.1, 0.15) is 10.8 Å². The number of nitrogens with zero attached hydrogens (tertiary/aromatic N) is 2. The van der Waals surface area contributed by atoms with Gasteiger partial charge in [0, 0.05) is 11.6 Å². The topological polar surface area (TPSA) is 81.8 Å². The lowest BCUT2D eigenvalue weighted by Crippen LogP contribution is -2.05. The molecule has 0 saturated carbocycles. The minimum atomic E-state index is -0.705. The number of halogens is 2. The van der Waals surface area contributed by atoms with Gasteiger partial charge in [-0.05, 0) is 42.0 Å². The molecule has 0 amide bonds. The molecule has 0 N–H and O–H groups in total. The second-order valence-corrected chi connectivity index (χ2v) is 5.22. The Labute approximate surface area is 140 Å². The van der Waals surface area contributed by atoms with Crippen molar-refractivity contribution >= 4 is 35.2 Å². The summed E-state index contributed by atoms with van der Waals surface area (Å²) in [7, 11) is 0. The van der Waals surface area contributed by atoms with Crippen molar-refractivity contribution in [2.75, 3.05) is 0 Å². The second kappa shape index (κ2) is 6.21. The van der Waals surface area contributed by atoms with Gasteiger partial charge in [-0.2, -0.15) is 0 Å². The molecule has 120 valence electrons. The average Bonchev–Trinajstić information content (AvgIpc) is 2.88. The highest BCUT2D eigenvalue weighted by molar-refractivity contribution is 6.32. The molecule has 0 fully saturated rings. The van der Waals surface area contributed by atoms with Gasteiger partial charge >= 0.3 is 5.97 Å². The van der Waals surface area contributed by atoms with Gasteiger partial charge in [-0.15, -0.1) is 0 Å². The highest BCUT2D eigenvalue weighted by atomic mass is 35.5. The maximum atomic E-state index is 13.2. The van der Waals surface area contributed by atoms with Crippen molar-refractivity contribution in [1.29, 1.82) is 0 Å². The number of carbonyl (C=O) groups is 1. The fourth-order valence-electron chi connectivity index (χ4n) is 2.07. The largest absolute Gasteiger partial charge is 0.402 e. The molecular weight excluding hydrogens is 339 g/mol. The first kappa shape index (κ1) is 15.8. The summed E-state index contributed by atoms with van der Waals surface area (Å²) in [6.07, 6.45) is 1.38. The monoisotopic (exact) mass is 346 g/mol. The Morgan fingerprint density at radius 3 is 2.71 bits per heavy atom. The van der Waals surface area contributed by atoms with Crippen molar-refractivity contribution in [3.8, 4) is 0 Å². The molecule has 0 aromatic heterocycles. The van der Waals surface area contributed by atoms with Crippen molar-refractivity contribution in [3.05, 3.63) is 80.2 Å². The summed E-state index contributed by atoms with van der Waals surface area (Å²) in [5, 5.41) is 10.7. The van der Waals surface area contributed by atoms with Crippen LogP contribution in [0.1, 0.15) is 11.1 Å². The molecule has 2 aromatic carbocycles. The fraction of sp³-hybridized carbons (Fsp3) is 0. The van der Waals surface area contributed by atoms with E-state index in [1.807, 2.05) is 0 Å². The number of rotatable bonds is 3. The first-order chi connectivity index (χ1) is 11.4. The predicted octanol–water partition coefficient (Wildman–Crippen LogP) is 3.73. The number of cyclic esters (lactones) is 1. The van der Waals surface area contributed by atoms with Crippen LogP contribution in [0.3, 0.4) is 0 Å². The first-order valence-corrected chi connectivity index (χ1v) is 7.04. The van der Waals surface area contributed by atoms with Crippen LogP contribution in [0.25, 0.3) is 6.08 Å². The molecule has 0 bridgehead atoms. The lowest BCUT2D eigenvalue weighted by Gasteiger charge is -1.98. The summed E-state index contributed by atoms with van der Waals surface area (Å²) in [5.74, 6) is -1.20. The summed E-state index contributed by atoms with van der Waals surface area (Å²) in [4.78, 5) is 26.0. The summed E-state index contributed by atoms with van der Waals surface area (Å²) in [5.41, 5.74) is 0.520. The van der Waals surface area contributed by atoms with Crippen LogP contribution in [0, 0.1) is 15.9 Å². The Hall–Kier alpha value is -3.06. The van der Waals surface area contributed by atoms with Gasteiger partial charge in [0.15, 0.2) is 5.70 Å². The van der Waals surface area contributed by atoms with E-state index in [1.54, 1.807) is 6.07 Å². The number of hydrogen-bond acceptors (Lipinski definition) is 5. The molecule has 0 atom stereocenters. The fourth-order valence-corrected chi connectivity index (χ4v) is 2.33. The number of esters is 1. The molecular formula is C16H8ClFN2O4. The summed E-state index contributed by atoms with van der Waals surface area (Å²) in [6, 6.07) is 9.48. The van der Waals surface area contributed by atoms with E-state index in [0.717, 1.165) is 0 Å². The van der Waals surface area contributed by atoms with Crippen LogP contribution in [0.4, 0.5) is 10.1 Å². The minimum Gasteiger partial charge on any atom is -0.402 e. The smallest absolute Gasteiger partial charge is 0.363 e. The Balaban J connectivity index is 1.94. The van der Waals surface area contributed by atoms with Crippen LogP contribution >= 0.6 is 11.6 Å². The summed E-state index contributed by atoms with van der Waals surface area (Å²) >= 11 is 5.82. The highest BCUT2D eigenvalue weighted by Gasteiger charge is 2.24. The van der Waals surface area contributed by atoms with Crippen LogP contribution in [-0.2, 0) is 9.53 Å². The highest BCUT2D eigenvalue weighted by Crippen LogP contribution is 2.27. The first-order valence-electron chi connectivity index (χ1n) is 6.66. The molecule has 1 aliphatic rings. The molecule has 24 heavy (non-hydrogen) atoms. The molecule has 0 aliphatic carbocycles. The van der Waals surface area contributed by atoms with Crippen molar-refractivity contribution in [3.63, 3.8) is 0 Å². The zero-order valence-electron chi connectivity index (χ0n) is 11.9. The maximum absolute atomic E-state index is 13.2. The standard InChI is InChI=1S/C16H8ClFN2O4/c17-12-6-9(4-5-14(12)20(22)23)7-13-16(21)24-15(19-13)10-2-1-3-11(18)8-10/h1-8H. The molecule has 8 heteroatoms. The van der Waals surface area contributed by atoms with Crippen LogP contribution in [0.15, 0.2) is 53.2 Å². The lowest BCUT2D eigenvalue weighted by molar-refractivity contribution is -0.384. The van der Waals surface area contributed by atoms with Gasteiger partial charge in [0.25, 0.3) is 5.69 Å². The molecule has 1 aliphatic heterocycles. The number of nitro benzene ring substituents is 1. The third-order valence-corrected chi connectivity index (χ3v) is 3.47. The molecule has 1 heterocycles. The average molecular weight is 347 g/mol. The summed E-state index contributed by atoms with van der Waals surface area (Å²) < 4.78 is 18.2. The van der Waals surface area contributed by atoms with E-state index >= 15 is 0 Å². The van der Waals surface area contributed by atoms with E-state index in [0.29, 0.717) is 11.1 Å². The third kappa shape index (κ3) is 3.16. The molecule has 3 rings (SSSR count). The van der Waals surface area contributed by atoms with Crippen molar-refractivity contribution in [2.24, 2.45) is 4.99 Å². The number of benzene rings is 2. The summed E-state index contributed by atoms with van der Waals surface area (Å²) in [6.45, 7) is 0. The van der Waals surface area contributed by atoms with Gasteiger partial charge in [-0.1, -0.05) is 17.7 Å². The third-order valence-electron chi connectivity index (χ3n) is 3.16. The number of nitro groups is 1. The number of carbonyl (C=O) groups excluding carboxylic acids is 1. The number of hydrogen-bond donors (Lipinski definition) is 0. The quantitative estimate of drug-likeness (QED) is 0.367. The van der Waals surface area contributed by atoms with E-state index in [2.05, 4.69) is 4.99 Å². The predicted molar refractivity (Wildman–Crippen MR) is 85.1 cm³/mol. The Bertz CT molecular complexity index is 924. The van der Waals surface area contributed by atoms with Crippen molar-refractivity contribution in [1.82, 2.24) is 0 Å². The number of ether oxygens (including phenoxy) is 1. The zero-order chi connectivity index (χ0) is 17.3. The van der Waals surface area contributed by atoms with Gasteiger partial charge < -0.3 is 4.74 Å². The van der Waals surface area contributed by atoms with Crippen LogP contribution in [-0.4, -0.2) is 16.8 Å². The normalized spacial score (nSPS) is 15.3. The van der Waals surface area contributed by atoms with Gasteiger partial charge in [-0.3, -0.25) is 10.1 Å². The molecule has 6 nitrogen and oxygen atoms in total. The molecule has 2 aromatic rings. The van der Waals surface area contributed by atoms with E-state index in [1.165, 1.54) is 42.5 Å². The second-order valence-electron chi connectivity index (χ2n) is 4.81. The number of aliphatic imine (C=N–C) groups is 1. The molecule has 0 spiro atoms. The minimum absolute atomic E-state index is 0.0146. The van der Waals surface area contributed by atoms with E-state index in [9.17, 15) is 19.3 Å². The van der Waals surface area contributed by atoms with Gasteiger partial charge in [0.05, 0.1) is 4.92 Å². The SMILES string of the molecule is O=C1OC(c2cccc(F)c2)=NC1=Cc1ccc([N+](=O)[O-])c(Cl)c1. The zero-order valence-corrected chi connectivity index (χ0v) is 12.7. The van der Waals surface area contributed by atoms with Gasteiger partial charge in [-0.25, -0.2) is 14.2 Å². The van der Waals surface area contributed by atoms with Crippen LogP contribution < -0.4 is 0 Å². The molecule has 0 unspecified atom stereocenters. The lowest BCUT2D eigenvalue weighted by atomic mass is 10.2. The maximum Gasteiger partial charge on any atom is 0.363 e. The Kier molecular flexibility index (Phi) is 4.09. The van der Waals surface area contributed by atoms with Gasteiger partial charge in [0.2, 0.25) is 5.90 Å². The van der Waals surface area contributed by atoms with E-state index < -0.39 is 16.7 Å². The van der Waals surface area contributed by atoms with Crippen molar-refractivity contribution < 1.29 is 18.8 Å². The molecule has 0 saturated heterocycles. The van der Waals surface area contributed by atoms with Crippen LogP contribution in [0.5, 0.6) is 0 Å².